The van der Waals surface area contributed by atoms with Crippen molar-refractivity contribution in [3.05, 3.63) is 71.9 Å². The van der Waals surface area contributed by atoms with Crippen molar-refractivity contribution in [2.75, 3.05) is 5.73 Å². The van der Waals surface area contributed by atoms with Gasteiger partial charge in [0, 0.05) is 5.56 Å². The molecule has 0 saturated heterocycles. The topological polar surface area (TPSA) is 38.9 Å². The molecule has 3 rings (SSSR count). The molecule has 2 heteroatoms. The number of benzene rings is 2. The van der Waals surface area contributed by atoms with Crippen LogP contribution in [0.25, 0.3) is 22.4 Å². The molecule has 1 aromatic heterocycles. The fourth-order valence-corrected chi connectivity index (χ4v) is 2.50. The minimum atomic E-state index is 0.684. The van der Waals surface area contributed by atoms with Crippen molar-refractivity contribution < 1.29 is 0 Å². The van der Waals surface area contributed by atoms with E-state index in [4.69, 9.17) is 5.73 Å². The first-order valence-corrected chi connectivity index (χ1v) is 8.03. The molecule has 2 N–H and O–H groups in total. The van der Waals surface area contributed by atoms with Crippen LogP contribution in [0, 0.1) is 13.8 Å². The van der Waals surface area contributed by atoms with Gasteiger partial charge in [-0.05, 0) is 43.2 Å². The summed E-state index contributed by atoms with van der Waals surface area (Å²) in [5, 5.41) is 0. The molecular formula is C21H24N2. The maximum absolute atomic E-state index is 5.74. The van der Waals surface area contributed by atoms with Gasteiger partial charge in [-0.25, -0.2) is 0 Å². The van der Waals surface area contributed by atoms with E-state index >= 15 is 0 Å². The van der Waals surface area contributed by atoms with Crippen LogP contribution in [0.3, 0.4) is 0 Å². The van der Waals surface area contributed by atoms with Gasteiger partial charge in [-0.2, -0.15) is 0 Å². The Labute approximate surface area is 139 Å². The van der Waals surface area contributed by atoms with Crippen LogP contribution in [0.5, 0.6) is 0 Å². The van der Waals surface area contributed by atoms with E-state index < -0.39 is 0 Å². The Hall–Kier alpha value is -2.61. The lowest BCUT2D eigenvalue weighted by Gasteiger charge is -2.11. The molecule has 0 aliphatic carbocycles. The monoisotopic (exact) mass is 304 g/mol. The van der Waals surface area contributed by atoms with Crippen LogP contribution < -0.4 is 5.73 Å². The van der Waals surface area contributed by atoms with E-state index in [1.54, 1.807) is 6.20 Å². The highest BCUT2D eigenvalue weighted by Gasteiger charge is 2.09. The van der Waals surface area contributed by atoms with Gasteiger partial charge in [-0.3, -0.25) is 4.98 Å². The fourth-order valence-electron chi connectivity index (χ4n) is 2.50. The smallest absolute Gasteiger partial charge is 0.0709 e. The third kappa shape index (κ3) is 3.98. The Morgan fingerprint density at radius 2 is 1.52 bits per heavy atom. The van der Waals surface area contributed by atoms with Gasteiger partial charge in [0.2, 0.25) is 0 Å². The third-order valence-electron chi connectivity index (χ3n) is 3.57. The second-order valence-corrected chi connectivity index (χ2v) is 5.40. The van der Waals surface area contributed by atoms with Crippen LogP contribution in [0.1, 0.15) is 25.0 Å². The molecule has 2 aromatic carbocycles. The molecular weight excluding hydrogens is 280 g/mol. The molecule has 0 amide bonds. The van der Waals surface area contributed by atoms with E-state index in [0.717, 1.165) is 11.3 Å². The van der Waals surface area contributed by atoms with Crippen LogP contribution in [-0.2, 0) is 0 Å². The van der Waals surface area contributed by atoms with Gasteiger partial charge in [0.1, 0.15) is 0 Å². The van der Waals surface area contributed by atoms with Gasteiger partial charge in [-0.1, -0.05) is 61.4 Å². The number of rotatable bonds is 2. The second kappa shape index (κ2) is 7.59. The van der Waals surface area contributed by atoms with E-state index in [0.29, 0.717) is 5.69 Å². The van der Waals surface area contributed by atoms with Crippen molar-refractivity contribution >= 4 is 5.69 Å². The van der Waals surface area contributed by atoms with Crippen LogP contribution in [0.4, 0.5) is 5.69 Å². The van der Waals surface area contributed by atoms with Gasteiger partial charge in [0.05, 0.1) is 17.6 Å². The number of aromatic nitrogens is 1. The Kier molecular flexibility index (Phi) is 5.53. The standard InChI is InChI=1S/C19H18N2.C2H6/c1-13-4-3-5-15(10-13)17-8-6-14(2)11-18(17)19-9-7-16(20)12-21-19;1-2/h3-12H,20H2,1-2H3;1-2H3. The Bertz CT molecular complexity index is 774. The van der Waals surface area contributed by atoms with E-state index in [1.807, 2.05) is 26.0 Å². The molecule has 0 spiro atoms. The van der Waals surface area contributed by atoms with Crippen LogP contribution in [-0.4, -0.2) is 4.98 Å². The zero-order valence-electron chi connectivity index (χ0n) is 14.3. The summed E-state index contributed by atoms with van der Waals surface area (Å²) in [6.45, 7) is 8.21. The summed E-state index contributed by atoms with van der Waals surface area (Å²) in [6.07, 6.45) is 1.71. The van der Waals surface area contributed by atoms with Gasteiger partial charge in [-0.15, -0.1) is 0 Å². The van der Waals surface area contributed by atoms with Crippen molar-refractivity contribution in [3.8, 4) is 22.4 Å². The third-order valence-corrected chi connectivity index (χ3v) is 3.57. The lowest BCUT2D eigenvalue weighted by Crippen LogP contribution is -1.92. The molecule has 0 fully saturated rings. The number of nitrogen functional groups attached to an aromatic ring is 1. The first kappa shape index (κ1) is 16.8. The summed E-state index contributed by atoms with van der Waals surface area (Å²) in [5.41, 5.74) is 13.4. The summed E-state index contributed by atoms with van der Waals surface area (Å²) in [4.78, 5) is 4.47. The number of nitrogens with two attached hydrogens (primary N) is 1. The molecule has 0 atom stereocenters. The normalized spacial score (nSPS) is 9.91. The number of hydrogen-bond acceptors (Lipinski definition) is 2. The average Bonchev–Trinajstić information content (AvgIpc) is 2.57. The van der Waals surface area contributed by atoms with Gasteiger partial charge >= 0.3 is 0 Å². The van der Waals surface area contributed by atoms with Crippen molar-refractivity contribution in [1.82, 2.24) is 4.98 Å². The predicted octanol–water partition coefficient (Wildman–Crippen LogP) is 5.64. The molecule has 0 aliphatic heterocycles. The van der Waals surface area contributed by atoms with Crippen molar-refractivity contribution in [1.29, 1.82) is 0 Å². The summed E-state index contributed by atoms with van der Waals surface area (Å²) in [7, 11) is 0. The summed E-state index contributed by atoms with van der Waals surface area (Å²) < 4.78 is 0. The fraction of sp³-hybridized carbons (Fsp3) is 0.190. The maximum atomic E-state index is 5.74. The van der Waals surface area contributed by atoms with Crippen molar-refractivity contribution in [3.63, 3.8) is 0 Å². The second-order valence-electron chi connectivity index (χ2n) is 5.40. The largest absolute Gasteiger partial charge is 0.397 e. The summed E-state index contributed by atoms with van der Waals surface area (Å²) in [6, 6.07) is 18.9. The molecule has 0 unspecified atom stereocenters. The quantitative estimate of drug-likeness (QED) is 0.665. The lowest BCUT2D eigenvalue weighted by molar-refractivity contribution is 1.32. The maximum Gasteiger partial charge on any atom is 0.0709 e. The van der Waals surface area contributed by atoms with Crippen molar-refractivity contribution in [2.45, 2.75) is 27.7 Å². The molecule has 3 aromatic rings. The SMILES string of the molecule is CC.Cc1cccc(-c2ccc(C)cc2-c2ccc(N)cn2)c1. The summed E-state index contributed by atoms with van der Waals surface area (Å²) in [5.74, 6) is 0. The Morgan fingerprint density at radius 3 is 2.17 bits per heavy atom. The average molecular weight is 304 g/mol. The molecule has 23 heavy (non-hydrogen) atoms. The zero-order valence-corrected chi connectivity index (χ0v) is 14.3. The first-order valence-electron chi connectivity index (χ1n) is 8.03. The number of pyridine rings is 1. The number of nitrogens with zero attached hydrogens (tertiary/aromatic N) is 1. The first-order chi connectivity index (χ1) is 11.1. The zero-order chi connectivity index (χ0) is 16.8. The molecule has 1 heterocycles. The highest BCUT2D eigenvalue weighted by Crippen LogP contribution is 2.32. The van der Waals surface area contributed by atoms with E-state index in [-0.39, 0.29) is 0 Å². The Morgan fingerprint density at radius 1 is 0.783 bits per heavy atom. The molecule has 118 valence electrons. The Balaban J connectivity index is 0.000000924. The van der Waals surface area contributed by atoms with Gasteiger partial charge in [0.25, 0.3) is 0 Å². The lowest BCUT2D eigenvalue weighted by atomic mass is 9.94. The number of anilines is 1. The highest BCUT2D eigenvalue weighted by atomic mass is 14.7. The number of aryl methyl sites for hydroxylation is 2. The van der Waals surface area contributed by atoms with Gasteiger partial charge < -0.3 is 5.73 Å². The molecule has 0 aliphatic rings. The van der Waals surface area contributed by atoms with E-state index in [1.165, 1.54) is 22.3 Å². The van der Waals surface area contributed by atoms with Crippen molar-refractivity contribution in [2.24, 2.45) is 0 Å². The van der Waals surface area contributed by atoms with Gasteiger partial charge in [0.15, 0.2) is 0 Å². The molecule has 0 saturated carbocycles. The van der Waals surface area contributed by atoms with E-state index in [9.17, 15) is 0 Å². The highest BCUT2D eigenvalue weighted by molar-refractivity contribution is 5.82. The van der Waals surface area contributed by atoms with Crippen LogP contribution in [0.2, 0.25) is 0 Å². The molecule has 0 bridgehead atoms. The number of hydrogen-bond donors (Lipinski definition) is 1. The molecule has 0 radical (unpaired) electrons. The van der Waals surface area contributed by atoms with E-state index in [2.05, 4.69) is 61.3 Å². The van der Waals surface area contributed by atoms with Crippen LogP contribution in [0.15, 0.2) is 60.8 Å². The predicted molar refractivity (Wildman–Crippen MR) is 100 cm³/mol. The molecule has 2 nitrogen and oxygen atoms in total. The minimum Gasteiger partial charge on any atom is -0.397 e. The minimum absolute atomic E-state index is 0.684. The van der Waals surface area contributed by atoms with Crippen LogP contribution >= 0.6 is 0 Å². The summed E-state index contributed by atoms with van der Waals surface area (Å²) >= 11 is 0.